The minimum absolute atomic E-state index is 0.507. The largest absolute Gasteiger partial charge is 0.477 e. The van der Waals surface area contributed by atoms with Gasteiger partial charge >= 0.3 is 0 Å². The first kappa shape index (κ1) is 14.1. The molecule has 0 radical (unpaired) electrons. The molecule has 4 heteroatoms. The van der Waals surface area contributed by atoms with Crippen LogP contribution in [0.25, 0.3) is 0 Å². The van der Waals surface area contributed by atoms with Gasteiger partial charge in [-0.05, 0) is 25.2 Å². The van der Waals surface area contributed by atoms with Crippen LogP contribution in [0.1, 0.15) is 64.1 Å². The average Bonchev–Trinajstić information content (AvgIpc) is 3.23. The summed E-state index contributed by atoms with van der Waals surface area (Å²) in [6, 6.07) is 1.73. The number of nitrogens with zero attached hydrogens (tertiary/aromatic N) is 2. The molecule has 0 amide bonds. The van der Waals surface area contributed by atoms with Gasteiger partial charge in [0.1, 0.15) is 11.6 Å². The molecule has 1 atom stereocenters. The highest BCUT2D eigenvalue weighted by Gasteiger charge is 2.27. The zero-order valence-corrected chi connectivity index (χ0v) is 12.1. The summed E-state index contributed by atoms with van der Waals surface area (Å²) in [5.41, 5.74) is 5.81. The second-order valence-corrected chi connectivity index (χ2v) is 5.49. The highest BCUT2D eigenvalue weighted by Crippen LogP contribution is 2.38. The van der Waals surface area contributed by atoms with Crippen molar-refractivity contribution in [2.75, 3.05) is 12.3 Å². The van der Waals surface area contributed by atoms with Gasteiger partial charge in [0.15, 0.2) is 0 Å². The van der Waals surface area contributed by atoms with E-state index >= 15 is 0 Å². The van der Waals surface area contributed by atoms with Crippen LogP contribution in [0.4, 0.5) is 5.82 Å². The molecular formula is C15H25N3O. The van der Waals surface area contributed by atoms with Crippen LogP contribution in [0, 0.1) is 5.92 Å². The van der Waals surface area contributed by atoms with Crippen LogP contribution in [0.3, 0.4) is 0 Å². The molecule has 1 unspecified atom stereocenters. The number of unbranched alkanes of at least 4 members (excludes halogenated alkanes) is 1. The Labute approximate surface area is 115 Å². The lowest BCUT2D eigenvalue weighted by atomic mass is 10.0. The molecule has 1 aromatic rings. The molecule has 1 fully saturated rings. The second kappa shape index (κ2) is 6.73. The Morgan fingerprint density at radius 1 is 1.37 bits per heavy atom. The third-order valence-corrected chi connectivity index (χ3v) is 3.69. The van der Waals surface area contributed by atoms with Crippen LogP contribution in [0.15, 0.2) is 6.07 Å². The number of nitrogens with two attached hydrogens (primary N) is 1. The van der Waals surface area contributed by atoms with Crippen molar-refractivity contribution < 1.29 is 4.74 Å². The van der Waals surface area contributed by atoms with Crippen molar-refractivity contribution in [2.45, 2.75) is 58.3 Å². The van der Waals surface area contributed by atoms with E-state index in [0.29, 0.717) is 23.5 Å². The van der Waals surface area contributed by atoms with E-state index in [1.165, 1.54) is 32.1 Å². The smallest absolute Gasteiger partial charge is 0.218 e. The van der Waals surface area contributed by atoms with Gasteiger partial charge < -0.3 is 10.5 Å². The van der Waals surface area contributed by atoms with Crippen LogP contribution >= 0.6 is 0 Å². The van der Waals surface area contributed by atoms with E-state index in [1.54, 1.807) is 6.07 Å². The number of rotatable bonds is 8. The van der Waals surface area contributed by atoms with Crippen LogP contribution < -0.4 is 10.5 Å². The molecule has 1 heterocycles. The summed E-state index contributed by atoms with van der Waals surface area (Å²) >= 11 is 0. The van der Waals surface area contributed by atoms with Gasteiger partial charge in [-0.15, -0.1) is 0 Å². The molecule has 0 saturated heterocycles. The SMILES string of the molecule is CCCCC(CC)COc1cc(N)nc(C2CC2)n1. The van der Waals surface area contributed by atoms with Crippen molar-refractivity contribution >= 4 is 5.82 Å². The normalized spacial score (nSPS) is 16.3. The van der Waals surface area contributed by atoms with Crippen molar-refractivity contribution in [3.05, 3.63) is 11.9 Å². The van der Waals surface area contributed by atoms with Crippen LogP contribution in [-0.4, -0.2) is 16.6 Å². The standard InChI is InChI=1S/C15H25N3O/c1-3-5-6-11(4-2)10-19-14-9-13(16)17-15(18-14)12-7-8-12/h9,11-12H,3-8,10H2,1-2H3,(H2,16,17,18). The van der Waals surface area contributed by atoms with Gasteiger partial charge in [0.05, 0.1) is 6.61 Å². The Hall–Kier alpha value is -1.32. The quantitative estimate of drug-likeness (QED) is 0.779. The Morgan fingerprint density at radius 3 is 2.79 bits per heavy atom. The zero-order valence-electron chi connectivity index (χ0n) is 12.1. The van der Waals surface area contributed by atoms with E-state index in [0.717, 1.165) is 18.9 Å². The third kappa shape index (κ3) is 4.37. The molecule has 1 aliphatic rings. The molecule has 0 bridgehead atoms. The lowest BCUT2D eigenvalue weighted by molar-refractivity contribution is 0.225. The fourth-order valence-corrected chi connectivity index (χ4v) is 2.16. The fourth-order valence-electron chi connectivity index (χ4n) is 2.16. The predicted octanol–water partition coefficient (Wildman–Crippen LogP) is 3.53. The first-order valence-electron chi connectivity index (χ1n) is 7.50. The first-order chi connectivity index (χ1) is 9.22. The summed E-state index contributed by atoms with van der Waals surface area (Å²) in [6.45, 7) is 5.17. The first-order valence-corrected chi connectivity index (χ1v) is 7.50. The van der Waals surface area contributed by atoms with E-state index in [9.17, 15) is 0 Å². The molecule has 106 valence electrons. The summed E-state index contributed by atoms with van der Waals surface area (Å²) in [7, 11) is 0. The molecule has 1 aromatic heterocycles. The van der Waals surface area contributed by atoms with Gasteiger partial charge in [-0.3, -0.25) is 0 Å². The maximum absolute atomic E-state index is 5.82. The molecule has 0 aliphatic heterocycles. The van der Waals surface area contributed by atoms with Gasteiger partial charge in [-0.25, -0.2) is 4.98 Å². The van der Waals surface area contributed by atoms with Crippen LogP contribution in [0.2, 0.25) is 0 Å². The lowest BCUT2D eigenvalue weighted by Crippen LogP contribution is -2.13. The maximum Gasteiger partial charge on any atom is 0.218 e. The number of nitrogen functional groups attached to an aromatic ring is 1. The lowest BCUT2D eigenvalue weighted by Gasteiger charge is -2.15. The summed E-state index contributed by atoms with van der Waals surface area (Å²) in [5, 5.41) is 0. The summed E-state index contributed by atoms with van der Waals surface area (Å²) in [5.74, 6) is 3.14. The molecule has 19 heavy (non-hydrogen) atoms. The fraction of sp³-hybridized carbons (Fsp3) is 0.733. The number of anilines is 1. The molecule has 1 aliphatic carbocycles. The van der Waals surface area contributed by atoms with Crippen molar-refractivity contribution in [1.82, 2.24) is 9.97 Å². The number of hydrogen-bond donors (Lipinski definition) is 1. The number of ether oxygens (including phenoxy) is 1. The topological polar surface area (TPSA) is 61.0 Å². The molecular weight excluding hydrogens is 238 g/mol. The van der Waals surface area contributed by atoms with E-state index in [1.807, 2.05) is 0 Å². The van der Waals surface area contributed by atoms with E-state index in [4.69, 9.17) is 10.5 Å². The van der Waals surface area contributed by atoms with Crippen molar-refractivity contribution in [1.29, 1.82) is 0 Å². The van der Waals surface area contributed by atoms with Gasteiger partial charge in [0.2, 0.25) is 5.88 Å². The predicted molar refractivity (Wildman–Crippen MR) is 77.2 cm³/mol. The van der Waals surface area contributed by atoms with E-state index < -0.39 is 0 Å². The molecule has 0 spiro atoms. The number of aromatic nitrogens is 2. The van der Waals surface area contributed by atoms with Gasteiger partial charge in [0.25, 0.3) is 0 Å². The van der Waals surface area contributed by atoms with Crippen LogP contribution in [-0.2, 0) is 0 Å². The molecule has 2 N–H and O–H groups in total. The summed E-state index contributed by atoms with van der Waals surface area (Å²) < 4.78 is 5.82. The maximum atomic E-state index is 5.82. The molecule has 2 rings (SSSR count). The monoisotopic (exact) mass is 263 g/mol. The summed E-state index contributed by atoms with van der Waals surface area (Å²) in [6.07, 6.45) is 7.23. The molecule has 0 aromatic carbocycles. The Kier molecular flexibility index (Phi) is 5.00. The van der Waals surface area contributed by atoms with E-state index in [2.05, 4.69) is 23.8 Å². The third-order valence-electron chi connectivity index (χ3n) is 3.69. The average molecular weight is 263 g/mol. The molecule has 4 nitrogen and oxygen atoms in total. The molecule has 1 saturated carbocycles. The highest BCUT2D eigenvalue weighted by molar-refractivity contribution is 5.34. The summed E-state index contributed by atoms with van der Waals surface area (Å²) in [4.78, 5) is 8.75. The Bertz CT molecular complexity index is 404. The van der Waals surface area contributed by atoms with Crippen molar-refractivity contribution in [3.63, 3.8) is 0 Å². The minimum atomic E-state index is 0.507. The van der Waals surface area contributed by atoms with Crippen molar-refractivity contribution in [3.8, 4) is 5.88 Å². The highest BCUT2D eigenvalue weighted by atomic mass is 16.5. The zero-order chi connectivity index (χ0) is 13.7. The Balaban J connectivity index is 1.90. The van der Waals surface area contributed by atoms with Crippen LogP contribution in [0.5, 0.6) is 5.88 Å². The Morgan fingerprint density at radius 2 is 2.16 bits per heavy atom. The van der Waals surface area contributed by atoms with Gasteiger partial charge in [0, 0.05) is 12.0 Å². The van der Waals surface area contributed by atoms with Gasteiger partial charge in [-0.2, -0.15) is 4.98 Å². The minimum Gasteiger partial charge on any atom is -0.477 e. The second-order valence-electron chi connectivity index (χ2n) is 5.49. The number of hydrogen-bond acceptors (Lipinski definition) is 4. The van der Waals surface area contributed by atoms with Gasteiger partial charge in [-0.1, -0.05) is 33.1 Å². The van der Waals surface area contributed by atoms with E-state index in [-0.39, 0.29) is 0 Å². The van der Waals surface area contributed by atoms with Crippen molar-refractivity contribution in [2.24, 2.45) is 5.92 Å².